The van der Waals surface area contributed by atoms with Crippen molar-refractivity contribution in [2.75, 3.05) is 6.61 Å². The molecule has 0 saturated carbocycles. The summed E-state index contributed by atoms with van der Waals surface area (Å²) in [6.45, 7) is 4.84. The molecule has 0 aromatic heterocycles. The van der Waals surface area contributed by atoms with Gasteiger partial charge in [-0.1, -0.05) is 52.4 Å². The van der Waals surface area contributed by atoms with Crippen molar-refractivity contribution < 1.29 is 5.11 Å². The van der Waals surface area contributed by atoms with Crippen LogP contribution in [0, 0.1) is 5.92 Å². The molecule has 1 N–H and O–H groups in total. The standard InChI is InChI=1S/C11H24O/c1-3-5-7-11(9-10-12)8-6-4-2/h11-12H,3-10H2,1-2H3. The SMILES string of the molecule is CCCCC(CCO)CCCC. The van der Waals surface area contributed by atoms with Gasteiger partial charge in [0.25, 0.3) is 0 Å². The van der Waals surface area contributed by atoms with Gasteiger partial charge in [-0.15, -0.1) is 0 Å². The van der Waals surface area contributed by atoms with Crippen LogP contribution in [0.3, 0.4) is 0 Å². The minimum atomic E-state index is 0.373. The van der Waals surface area contributed by atoms with Crippen molar-refractivity contribution in [3.8, 4) is 0 Å². The molecule has 0 aromatic carbocycles. The summed E-state index contributed by atoms with van der Waals surface area (Å²) in [4.78, 5) is 0. The van der Waals surface area contributed by atoms with Crippen molar-refractivity contribution in [3.05, 3.63) is 0 Å². The van der Waals surface area contributed by atoms with Gasteiger partial charge < -0.3 is 5.11 Å². The van der Waals surface area contributed by atoms with Crippen LogP contribution in [0.25, 0.3) is 0 Å². The molecule has 0 spiro atoms. The molecule has 0 saturated heterocycles. The summed E-state index contributed by atoms with van der Waals surface area (Å²) in [5.41, 5.74) is 0. The van der Waals surface area contributed by atoms with Crippen LogP contribution in [0.15, 0.2) is 0 Å². The smallest absolute Gasteiger partial charge is 0.0433 e. The topological polar surface area (TPSA) is 20.2 Å². The molecule has 0 rings (SSSR count). The van der Waals surface area contributed by atoms with E-state index in [1.165, 1.54) is 38.5 Å². The van der Waals surface area contributed by atoms with Gasteiger partial charge in [0.1, 0.15) is 0 Å². The molecule has 0 fully saturated rings. The Bertz CT molecular complexity index is 73.1. The van der Waals surface area contributed by atoms with E-state index in [-0.39, 0.29) is 0 Å². The van der Waals surface area contributed by atoms with Crippen molar-refractivity contribution >= 4 is 0 Å². The van der Waals surface area contributed by atoms with E-state index in [1.807, 2.05) is 0 Å². The number of hydrogen-bond acceptors (Lipinski definition) is 1. The fourth-order valence-corrected chi connectivity index (χ4v) is 1.60. The Labute approximate surface area is 77.2 Å². The summed E-state index contributed by atoms with van der Waals surface area (Å²) >= 11 is 0. The van der Waals surface area contributed by atoms with E-state index in [4.69, 9.17) is 5.11 Å². The third kappa shape index (κ3) is 6.66. The number of unbranched alkanes of at least 4 members (excludes halogenated alkanes) is 2. The Morgan fingerprint density at radius 3 is 1.75 bits per heavy atom. The van der Waals surface area contributed by atoms with E-state index in [9.17, 15) is 0 Å². The summed E-state index contributed by atoms with van der Waals surface area (Å²) in [6, 6.07) is 0. The molecule has 1 nitrogen and oxygen atoms in total. The van der Waals surface area contributed by atoms with Gasteiger partial charge in [0.15, 0.2) is 0 Å². The van der Waals surface area contributed by atoms with Gasteiger partial charge in [-0.05, 0) is 12.3 Å². The Balaban J connectivity index is 3.40. The maximum atomic E-state index is 8.84. The zero-order valence-electron chi connectivity index (χ0n) is 8.68. The molecule has 0 radical (unpaired) electrons. The number of aliphatic hydroxyl groups excluding tert-OH is 1. The van der Waals surface area contributed by atoms with Crippen molar-refractivity contribution in [2.45, 2.75) is 58.8 Å². The lowest BCUT2D eigenvalue weighted by Crippen LogP contribution is -2.03. The fourth-order valence-electron chi connectivity index (χ4n) is 1.60. The molecule has 0 aliphatic carbocycles. The maximum Gasteiger partial charge on any atom is 0.0433 e. The van der Waals surface area contributed by atoms with Crippen LogP contribution in [0.1, 0.15) is 58.8 Å². The second-order valence-corrected chi connectivity index (χ2v) is 3.66. The molecule has 0 bridgehead atoms. The first kappa shape index (κ1) is 12.0. The van der Waals surface area contributed by atoms with Gasteiger partial charge in [0.2, 0.25) is 0 Å². The second-order valence-electron chi connectivity index (χ2n) is 3.66. The molecule has 0 amide bonds. The normalized spacial score (nSPS) is 11.0. The Kier molecular flexibility index (Phi) is 9.02. The fraction of sp³-hybridized carbons (Fsp3) is 1.00. The summed E-state index contributed by atoms with van der Waals surface area (Å²) in [6.07, 6.45) is 8.87. The van der Waals surface area contributed by atoms with E-state index in [0.717, 1.165) is 12.3 Å². The zero-order valence-corrected chi connectivity index (χ0v) is 8.68. The molecule has 0 atom stereocenters. The van der Waals surface area contributed by atoms with Gasteiger partial charge >= 0.3 is 0 Å². The third-order valence-electron chi connectivity index (χ3n) is 2.47. The summed E-state index contributed by atoms with van der Waals surface area (Å²) in [5.74, 6) is 0.787. The molecule has 0 unspecified atom stereocenters. The molecule has 74 valence electrons. The van der Waals surface area contributed by atoms with Gasteiger partial charge in [0, 0.05) is 6.61 Å². The number of hydrogen-bond donors (Lipinski definition) is 1. The van der Waals surface area contributed by atoms with E-state index in [1.54, 1.807) is 0 Å². The van der Waals surface area contributed by atoms with E-state index in [2.05, 4.69) is 13.8 Å². The Hall–Kier alpha value is -0.0400. The highest BCUT2D eigenvalue weighted by Gasteiger charge is 2.06. The van der Waals surface area contributed by atoms with Crippen LogP contribution in [-0.2, 0) is 0 Å². The molecule has 0 aliphatic rings. The monoisotopic (exact) mass is 172 g/mol. The summed E-state index contributed by atoms with van der Waals surface area (Å²) < 4.78 is 0. The molecule has 0 aliphatic heterocycles. The van der Waals surface area contributed by atoms with Crippen molar-refractivity contribution in [1.82, 2.24) is 0 Å². The van der Waals surface area contributed by atoms with Gasteiger partial charge in [-0.3, -0.25) is 0 Å². The van der Waals surface area contributed by atoms with Gasteiger partial charge in [0.05, 0.1) is 0 Å². The zero-order chi connectivity index (χ0) is 9.23. The third-order valence-corrected chi connectivity index (χ3v) is 2.47. The van der Waals surface area contributed by atoms with Crippen LogP contribution in [0.2, 0.25) is 0 Å². The average Bonchev–Trinajstić information content (AvgIpc) is 2.10. The van der Waals surface area contributed by atoms with Crippen LogP contribution < -0.4 is 0 Å². The first-order valence-electron chi connectivity index (χ1n) is 5.46. The Morgan fingerprint density at radius 2 is 1.42 bits per heavy atom. The van der Waals surface area contributed by atoms with E-state index in [0.29, 0.717) is 6.61 Å². The lowest BCUT2D eigenvalue weighted by atomic mass is 9.93. The van der Waals surface area contributed by atoms with Crippen molar-refractivity contribution in [1.29, 1.82) is 0 Å². The first-order valence-corrected chi connectivity index (χ1v) is 5.46. The van der Waals surface area contributed by atoms with Crippen LogP contribution in [0.4, 0.5) is 0 Å². The quantitative estimate of drug-likeness (QED) is 0.595. The van der Waals surface area contributed by atoms with Crippen molar-refractivity contribution in [3.63, 3.8) is 0 Å². The number of rotatable bonds is 8. The minimum Gasteiger partial charge on any atom is -0.396 e. The molecular weight excluding hydrogens is 148 g/mol. The largest absolute Gasteiger partial charge is 0.396 e. The second kappa shape index (κ2) is 9.05. The first-order chi connectivity index (χ1) is 5.85. The van der Waals surface area contributed by atoms with Crippen LogP contribution >= 0.6 is 0 Å². The molecule has 0 heterocycles. The molecule has 1 heteroatoms. The minimum absolute atomic E-state index is 0.373. The average molecular weight is 172 g/mol. The highest BCUT2D eigenvalue weighted by molar-refractivity contribution is 4.58. The molecule has 12 heavy (non-hydrogen) atoms. The molecule has 0 aromatic rings. The van der Waals surface area contributed by atoms with E-state index < -0.39 is 0 Å². The summed E-state index contributed by atoms with van der Waals surface area (Å²) in [5, 5.41) is 8.84. The lowest BCUT2D eigenvalue weighted by molar-refractivity contribution is 0.242. The highest BCUT2D eigenvalue weighted by atomic mass is 16.3. The van der Waals surface area contributed by atoms with E-state index >= 15 is 0 Å². The van der Waals surface area contributed by atoms with Crippen LogP contribution in [0.5, 0.6) is 0 Å². The molecular formula is C11H24O. The van der Waals surface area contributed by atoms with Gasteiger partial charge in [-0.2, -0.15) is 0 Å². The van der Waals surface area contributed by atoms with Gasteiger partial charge in [-0.25, -0.2) is 0 Å². The maximum absolute atomic E-state index is 8.84. The van der Waals surface area contributed by atoms with Crippen molar-refractivity contribution in [2.24, 2.45) is 5.92 Å². The Morgan fingerprint density at radius 1 is 0.917 bits per heavy atom. The van der Waals surface area contributed by atoms with Crippen LogP contribution in [-0.4, -0.2) is 11.7 Å². The predicted molar refractivity (Wildman–Crippen MR) is 54.2 cm³/mol. The number of aliphatic hydroxyl groups is 1. The predicted octanol–water partition coefficient (Wildman–Crippen LogP) is 3.37. The summed E-state index contributed by atoms with van der Waals surface area (Å²) in [7, 11) is 0. The lowest BCUT2D eigenvalue weighted by Gasteiger charge is -2.14. The highest BCUT2D eigenvalue weighted by Crippen LogP contribution is 2.18.